The van der Waals surface area contributed by atoms with Gasteiger partial charge in [-0.25, -0.2) is 4.39 Å². The second-order valence-corrected chi connectivity index (χ2v) is 2.76. The van der Waals surface area contributed by atoms with Gasteiger partial charge >= 0.3 is 0 Å². The number of rotatable bonds is 1. The quantitative estimate of drug-likeness (QED) is 0.574. The van der Waals surface area contributed by atoms with E-state index in [1.165, 1.54) is 6.08 Å². The highest BCUT2D eigenvalue weighted by Gasteiger charge is 2.01. The topological polar surface area (TPSA) is 0 Å². The van der Waals surface area contributed by atoms with Crippen molar-refractivity contribution in [2.75, 3.05) is 5.33 Å². The minimum atomic E-state index is -0.158. The fraction of sp³-hybridized carbons (Fsp3) is 0.250. The molecule has 2 heteroatoms. The molecule has 1 unspecified atom stereocenters. The zero-order valence-electron chi connectivity index (χ0n) is 5.43. The normalized spacial score (nSPS) is 24.2. The first kappa shape index (κ1) is 7.73. The van der Waals surface area contributed by atoms with Crippen LogP contribution < -0.4 is 0 Å². The summed E-state index contributed by atoms with van der Waals surface area (Å²) in [6, 6.07) is 0. The summed E-state index contributed by atoms with van der Waals surface area (Å²) in [5.74, 6) is 0.0319. The third kappa shape index (κ3) is 2.10. The molecule has 54 valence electrons. The van der Waals surface area contributed by atoms with Crippen molar-refractivity contribution >= 4 is 15.9 Å². The van der Waals surface area contributed by atoms with Gasteiger partial charge in [0.1, 0.15) is 5.83 Å². The molecular weight excluding hydrogens is 195 g/mol. The minimum absolute atomic E-state index is 0.158. The van der Waals surface area contributed by atoms with Crippen molar-refractivity contribution in [2.24, 2.45) is 5.92 Å². The van der Waals surface area contributed by atoms with Crippen molar-refractivity contribution in [3.63, 3.8) is 0 Å². The van der Waals surface area contributed by atoms with E-state index in [1.807, 2.05) is 12.2 Å². The Morgan fingerprint density at radius 1 is 1.50 bits per heavy atom. The van der Waals surface area contributed by atoms with Gasteiger partial charge in [0.25, 0.3) is 0 Å². The SMILES string of the molecule is FC1=CC(CBr)C=CC=C1. The van der Waals surface area contributed by atoms with Crippen molar-refractivity contribution in [2.45, 2.75) is 0 Å². The summed E-state index contributed by atoms with van der Waals surface area (Å²) < 4.78 is 12.6. The second-order valence-electron chi connectivity index (χ2n) is 2.11. The molecule has 0 radical (unpaired) electrons. The monoisotopic (exact) mass is 202 g/mol. The number of halogens is 2. The number of hydrogen-bond acceptors (Lipinski definition) is 0. The fourth-order valence-electron chi connectivity index (χ4n) is 0.766. The van der Waals surface area contributed by atoms with Gasteiger partial charge in [0.2, 0.25) is 0 Å². The van der Waals surface area contributed by atoms with Crippen molar-refractivity contribution in [3.05, 3.63) is 36.2 Å². The van der Waals surface area contributed by atoms with E-state index in [0.29, 0.717) is 0 Å². The lowest BCUT2D eigenvalue weighted by atomic mass is 10.1. The number of allylic oxidation sites excluding steroid dienone is 6. The average Bonchev–Trinajstić information content (AvgIpc) is 2.13. The van der Waals surface area contributed by atoms with E-state index >= 15 is 0 Å². The third-order valence-corrected chi connectivity index (χ3v) is 2.02. The largest absolute Gasteiger partial charge is 0.207 e. The van der Waals surface area contributed by atoms with Crippen LogP contribution in [0.4, 0.5) is 4.39 Å². The molecule has 0 saturated carbocycles. The molecule has 0 amide bonds. The van der Waals surface area contributed by atoms with Crippen LogP contribution in [0.15, 0.2) is 36.2 Å². The van der Waals surface area contributed by atoms with Gasteiger partial charge in [0.15, 0.2) is 0 Å². The zero-order chi connectivity index (χ0) is 7.40. The molecule has 0 nitrogen and oxygen atoms in total. The molecule has 0 N–H and O–H groups in total. The lowest BCUT2D eigenvalue weighted by Crippen LogP contribution is -1.91. The lowest BCUT2D eigenvalue weighted by Gasteiger charge is -1.98. The van der Waals surface area contributed by atoms with Crippen LogP contribution in [0, 0.1) is 5.92 Å². The zero-order valence-corrected chi connectivity index (χ0v) is 7.01. The molecule has 0 aromatic rings. The van der Waals surface area contributed by atoms with E-state index in [9.17, 15) is 4.39 Å². The van der Waals surface area contributed by atoms with Gasteiger partial charge in [-0.15, -0.1) is 0 Å². The van der Waals surface area contributed by atoms with Crippen molar-refractivity contribution in [1.29, 1.82) is 0 Å². The molecular formula is C8H8BrF. The van der Waals surface area contributed by atoms with E-state index in [4.69, 9.17) is 0 Å². The Kier molecular flexibility index (Phi) is 2.87. The molecule has 1 aliphatic rings. The minimum Gasteiger partial charge on any atom is -0.207 e. The standard InChI is InChI=1S/C8H8BrF/c9-6-7-3-1-2-4-8(10)5-7/h1-5,7H,6H2. The summed E-state index contributed by atoms with van der Waals surface area (Å²) in [4.78, 5) is 0. The molecule has 0 saturated heterocycles. The van der Waals surface area contributed by atoms with Gasteiger partial charge in [-0.3, -0.25) is 0 Å². The van der Waals surface area contributed by atoms with Gasteiger partial charge in [-0.1, -0.05) is 34.2 Å². The van der Waals surface area contributed by atoms with E-state index in [1.54, 1.807) is 12.2 Å². The first-order valence-electron chi connectivity index (χ1n) is 3.11. The van der Waals surface area contributed by atoms with Crippen LogP contribution in [0.5, 0.6) is 0 Å². The summed E-state index contributed by atoms with van der Waals surface area (Å²) in [7, 11) is 0. The first-order chi connectivity index (χ1) is 4.83. The predicted octanol–water partition coefficient (Wildman–Crippen LogP) is 2.98. The van der Waals surface area contributed by atoms with Crippen LogP contribution >= 0.6 is 15.9 Å². The molecule has 0 bridgehead atoms. The molecule has 0 aliphatic heterocycles. The van der Waals surface area contributed by atoms with Gasteiger partial charge in [0, 0.05) is 11.2 Å². The lowest BCUT2D eigenvalue weighted by molar-refractivity contribution is 0.655. The molecule has 1 atom stereocenters. The Morgan fingerprint density at radius 3 is 3.00 bits per heavy atom. The Morgan fingerprint density at radius 2 is 2.30 bits per heavy atom. The summed E-state index contributed by atoms with van der Waals surface area (Å²) in [6.07, 6.45) is 8.56. The molecule has 10 heavy (non-hydrogen) atoms. The Labute approximate surface area is 68.3 Å². The molecule has 0 spiro atoms. The summed E-state index contributed by atoms with van der Waals surface area (Å²) in [6.45, 7) is 0. The summed E-state index contributed by atoms with van der Waals surface area (Å²) in [5, 5.41) is 0.776. The van der Waals surface area contributed by atoms with Crippen LogP contribution in [0.25, 0.3) is 0 Å². The molecule has 0 aromatic heterocycles. The van der Waals surface area contributed by atoms with Crippen LogP contribution in [0.3, 0.4) is 0 Å². The maximum absolute atomic E-state index is 12.6. The van der Waals surface area contributed by atoms with Crippen molar-refractivity contribution in [1.82, 2.24) is 0 Å². The van der Waals surface area contributed by atoms with E-state index < -0.39 is 0 Å². The summed E-state index contributed by atoms with van der Waals surface area (Å²) >= 11 is 3.28. The Hall–Kier alpha value is -0.370. The highest BCUT2D eigenvalue weighted by molar-refractivity contribution is 9.09. The molecule has 0 fully saturated rings. The smallest absolute Gasteiger partial charge is 0.119 e. The highest BCUT2D eigenvalue weighted by Crippen LogP contribution is 2.13. The van der Waals surface area contributed by atoms with Crippen molar-refractivity contribution in [3.8, 4) is 0 Å². The van der Waals surface area contributed by atoms with E-state index in [2.05, 4.69) is 15.9 Å². The van der Waals surface area contributed by atoms with Crippen molar-refractivity contribution < 1.29 is 4.39 Å². The first-order valence-corrected chi connectivity index (χ1v) is 4.23. The molecule has 0 heterocycles. The number of alkyl halides is 1. The molecule has 1 rings (SSSR count). The molecule has 1 aliphatic carbocycles. The molecule has 0 aromatic carbocycles. The number of hydrogen-bond donors (Lipinski definition) is 0. The maximum Gasteiger partial charge on any atom is 0.119 e. The van der Waals surface area contributed by atoms with Gasteiger partial charge in [0.05, 0.1) is 0 Å². The predicted molar refractivity (Wildman–Crippen MR) is 44.8 cm³/mol. The van der Waals surface area contributed by atoms with Crippen LogP contribution in [-0.4, -0.2) is 5.33 Å². The maximum atomic E-state index is 12.6. The van der Waals surface area contributed by atoms with Crippen LogP contribution in [-0.2, 0) is 0 Å². The van der Waals surface area contributed by atoms with Gasteiger partial charge in [-0.05, 0) is 12.2 Å². The highest BCUT2D eigenvalue weighted by atomic mass is 79.9. The van der Waals surface area contributed by atoms with E-state index in [0.717, 1.165) is 5.33 Å². The summed E-state index contributed by atoms with van der Waals surface area (Å²) in [5.41, 5.74) is 0. The Bertz CT molecular complexity index is 191. The second kappa shape index (κ2) is 3.71. The van der Waals surface area contributed by atoms with E-state index in [-0.39, 0.29) is 11.7 Å². The van der Waals surface area contributed by atoms with Gasteiger partial charge < -0.3 is 0 Å². The third-order valence-electron chi connectivity index (χ3n) is 1.28. The average molecular weight is 203 g/mol. The van der Waals surface area contributed by atoms with Gasteiger partial charge in [-0.2, -0.15) is 0 Å². The van der Waals surface area contributed by atoms with Crippen LogP contribution in [0.2, 0.25) is 0 Å². The Balaban J connectivity index is 2.72. The van der Waals surface area contributed by atoms with Crippen LogP contribution in [0.1, 0.15) is 0 Å². The fourth-order valence-corrected chi connectivity index (χ4v) is 1.17.